The number of ether oxygens (including phenoxy) is 2. The van der Waals surface area contributed by atoms with Crippen molar-refractivity contribution in [3.05, 3.63) is 18.2 Å². The fraction of sp³-hybridized carbons (Fsp3) is 0.600. The van der Waals surface area contributed by atoms with E-state index in [1.807, 2.05) is 18.0 Å². The Morgan fingerprint density at radius 2 is 2.07 bits per heavy atom. The number of carbonyl (C=O) groups excluding carboxylic acids is 2. The molecule has 0 aromatic heterocycles. The van der Waals surface area contributed by atoms with Crippen molar-refractivity contribution in [2.45, 2.75) is 19.3 Å². The molecule has 2 amide bonds. The van der Waals surface area contributed by atoms with E-state index in [0.717, 1.165) is 32.5 Å². The third-order valence-electron chi connectivity index (χ3n) is 5.48. The van der Waals surface area contributed by atoms with Crippen LogP contribution >= 0.6 is 0 Å². The highest BCUT2D eigenvalue weighted by atomic mass is 16.5. The summed E-state index contributed by atoms with van der Waals surface area (Å²) in [5.41, 5.74) is 0.685. The fourth-order valence-corrected chi connectivity index (χ4v) is 4.09. The molecule has 2 aliphatic heterocycles. The molecule has 2 fully saturated rings. The molecule has 2 atom stereocenters. The van der Waals surface area contributed by atoms with Crippen LogP contribution in [0.3, 0.4) is 0 Å². The molecule has 3 rings (SSSR count). The molecule has 27 heavy (non-hydrogen) atoms. The van der Waals surface area contributed by atoms with E-state index in [0.29, 0.717) is 29.6 Å². The number of carbonyl (C=O) groups is 2. The summed E-state index contributed by atoms with van der Waals surface area (Å²) in [5.74, 6) is 1.49. The van der Waals surface area contributed by atoms with Crippen LogP contribution in [0.4, 0.5) is 5.69 Å². The van der Waals surface area contributed by atoms with Gasteiger partial charge in [0, 0.05) is 32.1 Å². The van der Waals surface area contributed by atoms with Crippen LogP contribution in [0.25, 0.3) is 0 Å². The molecule has 7 nitrogen and oxygen atoms in total. The van der Waals surface area contributed by atoms with Crippen molar-refractivity contribution in [3.63, 3.8) is 0 Å². The Bertz CT molecular complexity index is 692. The zero-order chi connectivity index (χ0) is 19.4. The summed E-state index contributed by atoms with van der Waals surface area (Å²) < 4.78 is 10.6. The summed E-state index contributed by atoms with van der Waals surface area (Å²) in [7, 11) is 5.09. The molecule has 148 valence electrons. The number of methoxy groups -OCH3 is 2. The van der Waals surface area contributed by atoms with Gasteiger partial charge >= 0.3 is 0 Å². The van der Waals surface area contributed by atoms with Gasteiger partial charge in [-0.2, -0.15) is 0 Å². The van der Waals surface area contributed by atoms with Crippen molar-refractivity contribution in [2.24, 2.45) is 11.8 Å². The molecule has 2 saturated heterocycles. The first kappa shape index (κ1) is 19.5. The summed E-state index contributed by atoms with van der Waals surface area (Å²) in [5, 5.41) is 3.20. The lowest BCUT2D eigenvalue weighted by atomic mass is 9.96. The molecule has 0 aliphatic carbocycles. The molecular weight excluding hydrogens is 346 g/mol. The second kappa shape index (κ2) is 8.61. The highest BCUT2D eigenvalue weighted by Gasteiger charge is 2.39. The number of anilines is 1. The molecule has 2 aliphatic rings. The van der Waals surface area contributed by atoms with Crippen LogP contribution in [-0.2, 0) is 9.59 Å². The van der Waals surface area contributed by atoms with Gasteiger partial charge in [-0.25, -0.2) is 0 Å². The van der Waals surface area contributed by atoms with Crippen LogP contribution in [0.15, 0.2) is 18.2 Å². The number of piperidine rings is 1. The molecule has 7 heteroatoms. The Labute approximate surface area is 160 Å². The van der Waals surface area contributed by atoms with E-state index >= 15 is 0 Å². The van der Waals surface area contributed by atoms with Gasteiger partial charge in [-0.15, -0.1) is 0 Å². The Hall–Kier alpha value is -2.28. The predicted octanol–water partition coefficient (Wildman–Crippen LogP) is 1.51. The lowest BCUT2D eigenvalue weighted by Crippen LogP contribution is -2.45. The average molecular weight is 375 g/mol. The van der Waals surface area contributed by atoms with Gasteiger partial charge in [0.2, 0.25) is 11.8 Å². The van der Waals surface area contributed by atoms with Gasteiger partial charge in [0.05, 0.1) is 25.8 Å². The zero-order valence-corrected chi connectivity index (χ0v) is 16.4. The van der Waals surface area contributed by atoms with Crippen molar-refractivity contribution in [1.82, 2.24) is 10.2 Å². The molecule has 0 radical (unpaired) electrons. The Kier molecular flexibility index (Phi) is 6.21. The summed E-state index contributed by atoms with van der Waals surface area (Å²) in [6, 6.07) is 5.37. The van der Waals surface area contributed by atoms with E-state index in [1.54, 1.807) is 31.3 Å². The van der Waals surface area contributed by atoms with E-state index in [-0.39, 0.29) is 24.2 Å². The first-order valence-corrected chi connectivity index (χ1v) is 9.53. The molecule has 1 aromatic carbocycles. The SMILES string of the molecule is CNCC1CCCN(C(=O)C2CC(=O)N(c3ccc(OC)cc3OC)C2)C1. The molecule has 1 N–H and O–H groups in total. The fourth-order valence-electron chi connectivity index (χ4n) is 4.09. The van der Waals surface area contributed by atoms with Gasteiger partial charge in [0.25, 0.3) is 0 Å². The number of nitrogens with zero attached hydrogens (tertiary/aromatic N) is 2. The van der Waals surface area contributed by atoms with Gasteiger partial charge < -0.3 is 24.6 Å². The molecule has 0 saturated carbocycles. The van der Waals surface area contributed by atoms with Crippen LogP contribution in [-0.4, -0.2) is 64.2 Å². The van der Waals surface area contributed by atoms with E-state index in [4.69, 9.17) is 9.47 Å². The average Bonchev–Trinajstić information content (AvgIpc) is 3.08. The number of hydrogen-bond donors (Lipinski definition) is 1. The number of nitrogens with one attached hydrogen (secondary N) is 1. The second-order valence-electron chi connectivity index (χ2n) is 7.29. The number of amides is 2. The largest absolute Gasteiger partial charge is 0.497 e. The van der Waals surface area contributed by atoms with Crippen molar-refractivity contribution >= 4 is 17.5 Å². The minimum Gasteiger partial charge on any atom is -0.497 e. The van der Waals surface area contributed by atoms with Crippen LogP contribution in [0.5, 0.6) is 11.5 Å². The smallest absolute Gasteiger partial charge is 0.228 e. The summed E-state index contributed by atoms with van der Waals surface area (Å²) in [6.45, 7) is 2.88. The molecule has 1 aromatic rings. The first-order chi connectivity index (χ1) is 13.1. The van der Waals surface area contributed by atoms with Crippen LogP contribution in [0.2, 0.25) is 0 Å². The molecule has 0 spiro atoms. The molecule has 2 unspecified atom stereocenters. The van der Waals surface area contributed by atoms with E-state index in [2.05, 4.69) is 5.32 Å². The van der Waals surface area contributed by atoms with Crippen LogP contribution in [0.1, 0.15) is 19.3 Å². The lowest BCUT2D eigenvalue weighted by molar-refractivity contribution is -0.137. The lowest BCUT2D eigenvalue weighted by Gasteiger charge is -2.34. The topological polar surface area (TPSA) is 71.1 Å². The second-order valence-corrected chi connectivity index (χ2v) is 7.29. The van der Waals surface area contributed by atoms with Gasteiger partial charge in [-0.05, 0) is 44.5 Å². The van der Waals surface area contributed by atoms with Crippen molar-refractivity contribution in [1.29, 1.82) is 0 Å². The third kappa shape index (κ3) is 4.18. The maximum absolute atomic E-state index is 13.0. The zero-order valence-electron chi connectivity index (χ0n) is 16.4. The first-order valence-electron chi connectivity index (χ1n) is 9.53. The standard InChI is InChI=1S/C20H29N3O4/c1-21-11-14-5-4-8-22(12-14)20(25)15-9-19(24)23(13-15)17-7-6-16(26-2)10-18(17)27-3/h6-7,10,14-15,21H,4-5,8-9,11-13H2,1-3H3. The minimum atomic E-state index is -0.294. The van der Waals surface area contributed by atoms with E-state index < -0.39 is 0 Å². The summed E-state index contributed by atoms with van der Waals surface area (Å²) in [4.78, 5) is 29.2. The van der Waals surface area contributed by atoms with Crippen LogP contribution in [0, 0.1) is 11.8 Å². The quantitative estimate of drug-likeness (QED) is 0.816. The van der Waals surface area contributed by atoms with Gasteiger partial charge in [0.15, 0.2) is 0 Å². The Balaban J connectivity index is 1.71. The van der Waals surface area contributed by atoms with Crippen molar-refractivity contribution in [2.75, 3.05) is 52.3 Å². The molecule has 2 heterocycles. The Morgan fingerprint density at radius 1 is 1.26 bits per heavy atom. The number of hydrogen-bond acceptors (Lipinski definition) is 5. The van der Waals surface area contributed by atoms with Crippen molar-refractivity contribution < 1.29 is 19.1 Å². The maximum atomic E-state index is 13.0. The van der Waals surface area contributed by atoms with Gasteiger partial charge in [-0.3, -0.25) is 9.59 Å². The number of rotatable bonds is 6. The van der Waals surface area contributed by atoms with E-state index in [1.165, 1.54) is 0 Å². The van der Waals surface area contributed by atoms with Gasteiger partial charge in [0.1, 0.15) is 11.5 Å². The minimum absolute atomic E-state index is 0.0411. The maximum Gasteiger partial charge on any atom is 0.228 e. The normalized spacial score (nSPS) is 22.9. The highest BCUT2D eigenvalue weighted by Crippen LogP contribution is 2.36. The monoisotopic (exact) mass is 375 g/mol. The Morgan fingerprint density at radius 3 is 2.78 bits per heavy atom. The summed E-state index contributed by atoms with van der Waals surface area (Å²) >= 11 is 0. The molecule has 0 bridgehead atoms. The number of benzene rings is 1. The van der Waals surface area contributed by atoms with Crippen molar-refractivity contribution in [3.8, 4) is 11.5 Å². The van der Waals surface area contributed by atoms with E-state index in [9.17, 15) is 9.59 Å². The van der Waals surface area contributed by atoms with Gasteiger partial charge in [-0.1, -0.05) is 0 Å². The summed E-state index contributed by atoms with van der Waals surface area (Å²) in [6.07, 6.45) is 2.42. The number of likely N-dealkylation sites (tertiary alicyclic amines) is 1. The van der Waals surface area contributed by atoms with Crippen LogP contribution < -0.4 is 19.7 Å². The third-order valence-corrected chi connectivity index (χ3v) is 5.48. The molecular formula is C20H29N3O4. The highest BCUT2D eigenvalue weighted by molar-refractivity contribution is 6.01. The predicted molar refractivity (Wildman–Crippen MR) is 103 cm³/mol.